The highest BCUT2D eigenvalue weighted by atomic mass is 16.5. The number of nitrogens with one attached hydrogen (secondary N) is 2. The van der Waals surface area contributed by atoms with Crippen LogP contribution in [0.15, 0.2) is 48.5 Å². The molecule has 0 saturated carbocycles. The molecule has 0 spiro atoms. The quantitative estimate of drug-likeness (QED) is 0.658. The van der Waals surface area contributed by atoms with Crippen molar-refractivity contribution in [3.05, 3.63) is 54.1 Å². The number of rotatable bonds is 10. The monoisotopic (exact) mass is 383 g/mol. The lowest BCUT2D eigenvalue weighted by Crippen LogP contribution is -2.36. The van der Waals surface area contributed by atoms with E-state index in [1.807, 2.05) is 24.3 Å². The minimum atomic E-state index is -0.180. The van der Waals surface area contributed by atoms with Gasteiger partial charge in [-0.2, -0.15) is 0 Å². The Hall–Kier alpha value is -2.86. The molecule has 0 radical (unpaired) electrons. The Balaban J connectivity index is 1.75. The third-order valence-corrected chi connectivity index (χ3v) is 4.26. The van der Waals surface area contributed by atoms with Crippen molar-refractivity contribution in [3.63, 3.8) is 0 Å². The topological polar surface area (TPSA) is 70.7 Å². The third kappa shape index (κ3) is 7.40. The highest BCUT2D eigenvalue weighted by molar-refractivity contribution is 5.94. The smallest absolute Gasteiger partial charge is 0.238 e. The van der Waals surface area contributed by atoms with Crippen LogP contribution in [-0.4, -0.2) is 44.0 Å². The van der Waals surface area contributed by atoms with Crippen molar-refractivity contribution in [2.45, 2.75) is 26.2 Å². The van der Waals surface area contributed by atoms with Crippen molar-refractivity contribution in [2.75, 3.05) is 37.9 Å². The molecular formula is C22H29N3O3. The van der Waals surface area contributed by atoms with Crippen LogP contribution < -0.4 is 15.4 Å². The molecule has 2 amide bonds. The summed E-state index contributed by atoms with van der Waals surface area (Å²) in [6.07, 6.45) is 3.38. The number of hydrogen-bond acceptors (Lipinski definition) is 4. The van der Waals surface area contributed by atoms with E-state index in [-0.39, 0.29) is 24.9 Å². The Morgan fingerprint density at radius 3 is 1.86 bits per heavy atom. The van der Waals surface area contributed by atoms with Crippen LogP contribution in [0.2, 0.25) is 0 Å². The number of likely N-dealkylation sites (N-methyl/N-ethyl adjacent to an activating group) is 1. The van der Waals surface area contributed by atoms with Crippen molar-refractivity contribution in [3.8, 4) is 5.75 Å². The number of unbranched alkanes of at least 4 members (excludes halogenated alkanes) is 1. The summed E-state index contributed by atoms with van der Waals surface area (Å²) in [6, 6.07) is 15.0. The molecule has 0 aliphatic rings. The van der Waals surface area contributed by atoms with E-state index in [0.717, 1.165) is 30.7 Å². The Bertz CT molecular complexity index is 758. The number of amides is 2. The van der Waals surface area contributed by atoms with Crippen molar-refractivity contribution in [1.82, 2.24) is 4.90 Å². The first-order valence-corrected chi connectivity index (χ1v) is 9.51. The molecule has 0 saturated heterocycles. The molecule has 0 heterocycles. The SMILES string of the molecule is CCCCc1ccc(NC(=O)CN(C)CC(=O)Nc2ccc(OC)cc2)cc1. The zero-order valence-electron chi connectivity index (χ0n) is 16.8. The van der Waals surface area contributed by atoms with E-state index in [2.05, 4.69) is 17.6 Å². The van der Waals surface area contributed by atoms with Crippen LogP contribution in [0, 0.1) is 0 Å². The maximum atomic E-state index is 12.2. The summed E-state index contributed by atoms with van der Waals surface area (Å²) >= 11 is 0. The number of benzene rings is 2. The molecule has 0 atom stereocenters. The molecule has 2 N–H and O–H groups in total. The molecule has 28 heavy (non-hydrogen) atoms. The van der Waals surface area contributed by atoms with E-state index in [0.29, 0.717) is 5.69 Å². The lowest BCUT2D eigenvalue weighted by Gasteiger charge is -2.16. The fraction of sp³-hybridized carbons (Fsp3) is 0.364. The second-order valence-corrected chi connectivity index (χ2v) is 6.80. The van der Waals surface area contributed by atoms with Gasteiger partial charge in [-0.3, -0.25) is 14.5 Å². The molecule has 0 unspecified atom stereocenters. The first kappa shape index (κ1) is 21.4. The Labute approximate surface area is 166 Å². The van der Waals surface area contributed by atoms with Crippen LogP contribution >= 0.6 is 0 Å². The van der Waals surface area contributed by atoms with Gasteiger partial charge in [0, 0.05) is 11.4 Å². The molecule has 2 aromatic carbocycles. The van der Waals surface area contributed by atoms with Gasteiger partial charge in [0.25, 0.3) is 0 Å². The Morgan fingerprint density at radius 1 is 0.893 bits per heavy atom. The van der Waals surface area contributed by atoms with Crippen LogP contribution in [0.3, 0.4) is 0 Å². The minimum Gasteiger partial charge on any atom is -0.497 e. The predicted octanol–water partition coefficient (Wildman–Crippen LogP) is 3.55. The summed E-state index contributed by atoms with van der Waals surface area (Å²) in [5.74, 6) is 0.395. The van der Waals surface area contributed by atoms with E-state index < -0.39 is 0 Å². The van der Waals surface area contributed by atoms with Gasteiger partial charge in [0.2, 0.25) is 11.8 Å². The lowest BCUT2D eigenvalue weighted by molar-refractivity contribution is -0.119. The standard InChI is InChI=1S/C22H29N3O3/c1-4-5-6-17-7-9-18(10-8-17)23-21(26)15-25(2)16-22(27)24-19-11-13-20(28-3)14-12-19/h7-14H,4-6,15-16H2,1-3H3,(H,23,26)(H,24,27). The number of carbonyl (C=O) groups is 2. The zero-order chi connectivity index (χ0) is 20.4. The van der Waals surface area contributed by atoms with Gasteiger partial charge < -0.3 is 15.4 Å². The predicted molar refractivity (Wildman–Crippen MR) is 113 cm³/mol. The fourth-order valence-corrected chi connectivity index (χ4v) is 2.76. The highest BCUT2D eigenvalue weighted by Crippen LogP contribution is 2.15. The summed E-state index contributed by atoms with van der Waals surface area (Å²) in [6.45, 7) is 2.42. The Kier molecular flexibility index (Phi) is 8.49. The molecule has 0 aliphatic heterocycles. The van der Waals surface area contributed by atoms with Gasteiger partial charge in [-0.05, 0) is 61.9 Å². The second kappa shape index (κ2) is 11.1. The number of nitrogens with zero attached hydrogens (tertiary/aromatic N) is 1. The van der Waals surface area contributed by atoms with E-state index in [1.54, 1.807) is 43.3 Å². The normalized spacial score (nSPS) is 10.6. The van der Waals surface area contributed by atoms with Gasteiger partial charge in [-0.25, -0.2) is 0 Å². The van der Waals surface area contributed by atoms with Crippen molar-refractivity contribution in [1.29, 1.82) is 0 Å². The lowest BCUT2D eigenvalue weighted by atomic mass is 10.1. The number of ether oxygens (including phenoxy) is 1. The average Bonchev–Trinajstić information content (AvgIpc) is 2.67. The molecule has 0 fully saturated rings. The van der Waals surface area contributed by atoms with Gasteiger partial charge in [-0.1, -0.05) is 25.5 Å². The summed E-state index contributed by atoms with van der Waals surface area (Å²) in [5.41, 5.74) is 2.72. The van der Waals surface area contributed by atoms with E-state index in [9.17, 15) is 9.59 Å². The van der Waals surface area contributed by atoms with Gasteiger partial charge in [0.15, 0.2) is 0 Å². The van der Waals surface area contributed by atoms with Crippen molar-refractivity contribution >= 4 is 23.2 Å². The number of methoxy groups -OCH3 is 1. The van der Waals surface area contributed by atoms with E-state index in [1.165, 1.54) is 5.56 Å². The van der Waals surface area contributed by atoms with Crippen LogP contribution in [0.1, 0.15) is 25.3 Å². The highest BCUT2D eigenvalue weighted by Gasteiger charge is 2.11. The zero-order valence-corrected chi connectivity index (χ0v) is 16.8. The second-order valence-electron chi connectivity index (χ2n) is 6.80. The van der Waals surface area contributed by atoms with Crippen molar-refractivity contribution < 1.29 is 14.3 Å². The molecule has 6 heteroatoms. The molecule has 6 nitrogen and oxygen atoms in total. The molecular weight excluding hydrogens is 354 g/mol. The number of aryl methyl sites for hydroxylation is 1. The molecule has 0 aromatic heterocycles. The van der Waals surface area contributed by atoms with E-state index in [4.69, 9.17) is 4.74 Å². The van der Waals surface area contributed by atoms with E-state index >= 15 is 0 Å². The van der Waals surface area contributed by atoms with Crippen LogP contribution in [-0.2, 0) is 16.0 Å². The maximum Gasteiger partial charge on any atom is 0.238 e. The Morgan fingerprint density at radius 2 is 1.39 bits per heavy atom. The third-order valence-electron chi connectivity index (χ3n) is 4.26. The molecule has 2 rings (SSSR count). The first-order chi connectivity index (χ1) is 13.5. The summed E-state index contributed by atoms with van der Waals surface area (Å²) < 4.78 is 5.09. The summed E-state index contributed by atoms with van der Waals surface area (Å²) in [7, 11) is 3.33. The minimum absolute atomic E-state index is 0.120. The molecule has 2 aromatic rings. The average molecular weight is 383 g/mol. The molecule has 150 valence electrons. The fourth-order valence-electron chi connectivity index (χ4n) is 2.76. The van der Waals surface area contributed by atoms with Crippen LogP contribution in [0.4, 0.5) is 11.4 Å². The first-order valence-electron chi connectivity index (χ1n) is 9.51. The van der Waals surface area contributed by atoms with Crippen LogP contribution in [0.5, 0.6) is 5.75 Å². The number of carbonyl (C=O) groups excluding carboxylic acids is 2. The summed E-state index contributed by atoms with van der Waals surface area (Å²) in [5, 5.41) is 5.67. The summed E-state index contributed by atoms with van der Waals surface area (Å²) in [4.78, 5) is 26.0. The van der Waals surface area contributed by atoms with Gasteiger partial charge in [-0.15, -0.1) is 0 Å². The maximum absolute atomic E-state index is 12.2. The number of hydrogen-bond donors (Lipinski definition) is 2. The van der Waals surface area contributed by atoms with Gasteiger partial charge in [0.1, 0.15) is 5.75 Å². The number of anilines is 2. The molecule has 0 bridgehead atoms. The molecule has 0 aliphatic carbocycles. The van der Waals surface area contributed by atoms with Gasteiger partial charge >= 0.3 is 0 Å². The van der Waals surface area contributed by atoms with Gasteiger partial charge in [0.05, 0.1) is 20.2 Å². The van der Waals surface area contributed by atoms with Crippen molar-refractivity contribution in [2.24, 2.45) is 0 Å². The largest absolute Gasteiger partial charge is 0.497 e. The van der Waals surface area contributed by atoms with Crippen LogP contribution in [0.25, 0.3) is 0 Å².